The summed E-state index contributed by atoms with van der Waals surface area (Å²) >= 11 is 0. The highest BCUT2D eigenvalue weighted by Crippen LogP contribution is 2.47. The summed E-state index contributed by atoms with van der Waals surface area (Å²) in [6, 6.07) is 13.2. The molecule has 2 nitrogen and oxygen atoms in total. The molecule has 23 heavy (non-hydrogen) atoms. The monoisotopic (exact) mass is 309 g/mol. The quantitative estimate of drug-likeness (QED) is 0.632. The van der Waals surface area contributed by atoms with Crippen LogP contribution in [0.1, 0.15) is 63.5 Å². The van der Waals surface area contributed by atoms with Crippen LogP contribution in [-0.4, -0.2) is 7.05 Å². The van der Waals surface area contributed by atoms with Crippen LogP contribution in [0, 0.1) is 0 Å². The van der Waals surface area contributed by atoms with Gasteiger partial charge in [-0.2, -0.15) is 0 Å². The maximum absolute atomic E-state index is 6.28. The predicted molar refractivity (Wildman–Crippen MR) is 98.4 cm³/mol. The Hall–Kier alpha value is -1.96. The Morgan fingerprint density at radius 3 is 1.65 bits per heavy atom. The second-order valence-corrected chi connectivity index (χ2v) is 6.73. The number of hydrogen-bond acceptors (Lipinski definition) is 2. The van der Waals surface area contributed by atoms with Gasteiger partial charge in [-0.3, -0.25) is 0 Å². The molecular weight excluding hydrogens is 282 g/mol. The van der Waals surface area contributed by atoms with Crippen LogP contribution < -0.4 is 9.64 Å². The Morgan fingerprint density at radius 1 is 0.826 bits per heavy atom. The minimum atomic E-state index is 0.557. The third-order valence-electron chi connectivity index (χ3n) is 5.27. The zero-order valence-corrected chi connectivity index (χ0v) is 14.9. The van der Waals surface area contributed by atoms with Gasteiger partial charge in [0.25, 0.3) is 0 Å². The van der Waals surface area contributed by atoms with Crippen LogP contribution in [0.4, 0.5) is 11.4 Å². The number of nitrogens with zero attached hydrogens (tertiary/aromatic N) is 1. The van der Waals surface area contributed by atoms with E-state index in [2.05, 4.69) is 76.0 Å². The van der Waals surface area contributed by atoms with Crippen LogP contribution in [-0.2, 0) is 0 Å². The average molecular weight is 309 g/mol. The highest BCUT2D eigenvalue weighted by Gasteiger charge is 2.23. The largest absolute Gasteiger partial charge is 0.453 e. The lowest BCUT2D eigenvalue weighted by molar-refractivity contribution is 0.472. The number of benzene rings is 2. The lowest BCUT2D eigenvalue weighted by Crippen LogP contribution is -2.16. The summed E-state index contributed by atoms with van der Waals surface area (Å²) in [6.07, 6.45) is 2.28. The molecule has 0 amide bonds. The van der Waals surface area contributed by atoms with Gasteiger partial charge in [0.15, 0.2) is 11.5 Å². The molecule has 0 bridgehead atoms. The second-order valence-electron chi connectivity index (χ2n) is 6.73. The normalized spacial score (nSPS) is 15.4. The summed E-state index contributed by atoms with van der Waals surface area (Å²) in [5.74, 6) is 3.06. The molecule has 0 saturated heterocycles. The third-order valence-corrected chi connectivity index (χ3v) is 5.27. The minimum Gasteiger partial charge on any atom is -0.453 e. The van der Waals surface area contributed by atoms with Gasteiger partial charge in [-0.25, -0.2) is 0 Å². The van der Waals surface area contributed by atoms with Crippen LogP contribution in [0.5, 0.6) is 11.5 Å². The van der Waals surface area contributed by atoms with E-state index in [4.69, 9.17) is 4.74 Å². The van der Waals surface area contributed by atoms with E-state index in [0.717, 1.165) is 35.7 Å². The summed E-state index contributed by atoms with van der Waals surface area (Å²) in [5.41, 5.74) is 4.98. The first kappa shape index (κ1) is 15.9. The number of hydrogen-bond donors (Lipinski definition) is 0. The van der Waals surface area contributed by atoms with Crippen molar-refractivity contribution in [1.29, 1.82) is 0 Å². The van der Waals surface area contributed by atoms with Gasteiger partial charge in [-0.1, -0.05) is 39.8 Å². The summed E-state index contributed by atoms with van der Waals surface area (Å²) < 4.78 is 6.28. The van der Waals surface area contributed by atoms with E-state index in [1.54, 1.807) is 0 Å². The first-order valence-corrected chi connectivity index (χ1v) is 8.74. The lowest BCUT2D eigenvalue weighted by Gasteiger charge is -2.31. The second kappa shape index (κ2) is 6.27. The maximum Gasteiger partial charge on any atom is 0.151 e. The summed E-state index contributed by atoms with van der Waals surface area (Å²) in [7, 11) is 2.12. The van der Waals surface area contributed by atoms with Crippen molar-refractivity contribution >= 4 is 11.4 Å². The fraction of sp³-hybridized carbons (Fsp3) is 0.429. The van der Waals surface area contributed by atoms with Crippen LogP contribution in [0.15, 0.2) is 36.4 Å². The molecule has 2 heteroatoms. The number of ether oxygens (including phenoxy) is 1. The molecule has 2 aromatic carbocycles. The zero-order valence-electron chi connectivity index (χ0n) is 14.9. The first-order valence-electron chi connectivity index (χ1n) is 8.74. The zero-order chi connectivity index (χ0) is 16.6. The van der Waals surface area contributed by atoms with Crippen LogP contribution in [0.3, 0.4) is 0 Å². The van der Waals surface area contributed by atoms with Crippen LogP contribution in [0.25, 0.3) is 0 Å². The Morgan fingerprint density at radius 2 is 1.26 bits per heavy atom. The van der Waals surface area contributed by atoms with E-state index < -0.39 is 0 Å². The summed E-state index contributed by atoms with van der Waals surface area (Å²) in [6.45, 7) is 8.99. The van der Waals surface area contributed by atoms with Crippen molar-refractivity contribution in [3.05, 3.63) is 47.5 Å². The van der Waals surface area contributed by atoms with E-state index in [1.165, 1.54) is 11.1 Å². The fourth-order valence-electron chi connectivity index (χ4n) is 3.11. The molecule has 1 aliphatic heterocycles. The van der Waals surface area contributed by atoms with Crippen molar-refractivity contribution in [2.24, 2.45) is 0 Å². The van der Waals surface area contributed by atoms with Crippen molar-refractivity contribution in [2.45, 2.75) is 52.4 Å². The molecule has 2 atom stereocenters. The van der Waals surface area contributed by atoms with Gasteiger partial charge in [-0.15, -0.1) is 0 Å². The standard InChI is InChI=1S/C21H27NO/c1-6-14(3)16-8-10-18-20(12-16)23-21-13-17(15(4)7-2)9-11-19(21)22(18)5/h8-15H,6-7H2,1-5H3. The highest BCUT2D eigenvalue weighted by atomic mass is 16.5. The molecule has 0 fully saturated rings. The SMILES string of the molecule is CCC(C)c1ccc2c(c1)Oc1cc(C(C)CC)ccc1N2C. The molecule has 2 aromatic rings. The lowest BCUT2D eigenvalue weighted by atomic mass is 9.96. The van der Waals surface area contributed by atoms with Crippen molar-refractivity contribution in [2.75, 3.05) is 11.9 Å². The van der Waals surface area contributed by atoms with Gasteiger partial charge in [0.05, 0.1) is 11.4 Å². The molecule has 0 spiro atoms. The molecule has 1 aliphatic rings. The van der Waals surface area contributed by atoms with Crippen molar-refractivity contribution in [1.82, 2.24) is 0 Å². The van der Waals surface area contributed by atoms with Gasteiger partial charge in [-0.05, 0) is 60.1 Å². The Kier molecular flexibility index (Phi) is 4.34. The van der Waals surface area contributed by atoms with Crippen molar-refractivity contribution < 1.29 is 4.74 Å². The van der Waals surface area contributed by atoms with Gasteiger partial charge < -0.3 is 9.64 Å². The van der Waals surface area contributed by atoms with E-state index in [-0.39, 0.29) is 0 Å². The van der Waals surface area contributed by atoms with Crippen LogP contribution in [0.2, 0.25) is 0 Å². The van der Waals surface area contributed by atoms with Crippen LogP contribution >= 0.6 is 0 Å². The average Bonchev–Trinajstić information content (AvgIpc) is 2.59. The van der Waals surface area contributed by atoms with Crippen molar-refractivity contribution in [3.63, 3.8) is 0 Å². The predicted octanol–water partition coefficient (Wildman–Crippen LogP) is 6.59. The molecular formula is C21H27NO. The molecule has 0 radical (unpaired) electrons. The molecule has 2 unspecified atom stereocenters. The molecule has 1 heterocycles. The third kappa shape index (κ3) is 2.83. The Labute approximate surface area is 140 Å². The number of rotatable bonds is 4. The summed E-state index contributed by atoms with van der Waals surface area (Å²) in [4.78, 5) is 2.23. The first-order chi connectivity index (χ1) is 11.0. The van der Waals surface area contributed by atoms with E-state index in [1.807, 2.05) is 0 Å². The molecule has 0 aromatic heterocycles. The van der Waals surface area contributed by atoms with Gasteiger partial charge in [0.1, 0.15) is 0 Å². The molecule has 122 valence electrons. The maximum atomic E-state index is 6.28. The van der Waals surface area contributed by atoms with E-state index in [0.29, 0.717) is 11.8 Å². The molecule has 0 aliphatic carbocycles. The smallest absolute Gasteiger partial charge is 0.151 e. The Balaban J connectivity index is 2.00. The summed E-state index contributed by atoms with van der Waals surface area (Å²) in [5, 5.41) is 0. The van der Waals surface area contributed by atoms with Crippen molar-refractivity contribution in [3.8, 4) is 11.5 Å². The number of anilines is 2. The highest BCUT2D eigenvalue weighted by molar-refractivity contribution is 5.78. The number of fused-ring (bicyclic) bond motifs is 2. The minimum absolute atomic E-state index is 0.557. The fourth-order valence-corrected chi connectivity index (χ4v) is 3.11. The molecule has 3 rings (SSSR count). The van der Waals surface area contributed by atoms with Gasteiger partial charge in [0.2, 0.25) is 0 Å². The Bertz CT molecular complexity index is 647. The van der Waals surface area contributed by atoms with Gasteiger partial charge in [0, 0.05) is 7.05 Å². The van der Waals surface area contributed by atoms with E-state index >= 15 is 0 Å². The van der Waals surface area contributed by atoms with Gasteiger partial charge >= 0.3 is 0 Å². The van der Waals surface area contributed by atoms with E-state index in [9.17, 15) is 0 Å². The molecule has 0 saturated carbocycles. The molecule has 0 N–H and O–H groups in total. The topological polar surface area (TPSA) is 12.5 Å².